The zero-order chi connectivity index (χ0) is 18.5. The first-order valence-corrected chi connectivity index (χ1v) is 9.19. The fourth-order valence-electron chi connectivity index (χ4n) is 3.27. The van der Waals surface area contributed by atoms with Crippen molar-refractivity contribution in [2.75, 3.05) is 64.4 Å². The van der Waals surface area contributed by atoms with Crippen LogP contribution in [0.2, 0.25) is 0 Å². The number of carbonyl (C=O) groups is 1. The van der Waals surface area contributed by atoms with Crippen molar-refractivity contribution in [3.05, 3.63) is 12.4 Å². The number of likely N-dealkylation sites (N-methyl/N-ethyl adjacent to an activating group) is 1. The van der Waals surface area contributed by atoms with E-state index in [1.807, 2.05) is 25.1 Å². The van der Waals surface area contributed by atoms with E-state index < -0.39 is 0 Å². The molecule has 26 heavy (non-hydrogen) atoms. The molecule has 3 heterocycles. The standard InChI is InChI=1S/C17H29N7O2/c1-4-18-17(19-10-15-12-21(2)7-8-26-15)23-5-6-24(16(25)13-23)14-9-20-22(3)11-14/h9,11,15H,4-8,10,12-13H2,1-3H3,(H,18,19). The lowest BCUT2D eigenvalue weighted by atomic mass is 10.3. The fraction of sp³-hybridized carbons (Fsp3) is 0.706. The van der Waals surface area contributed by atoms with Gasteiger partial charge in [-0.15, -0.1) is 0 Å². The Bertz CT molecular complexity index is 645. The van der Waals surface area contributed by atoms with Gasteiger partial charge in [-0.1, -0.05) is 0 Å². The van der Waals surface area contributed by atoms with Gasteiger partial charge in [0.25, 0.3) is 0 Å². The molecule has 1 amide bonds. The Hall–Kier alpha value is -2.13. The Morgan fingerprint density at radius 1 is 1.38 bits per heavy atom. The van der Waals surface area contributed by atoms with E-state index in [4.69, 9.17) is 9.73 Å². The Kier molecular flexibility index (Phi) is 6.10. The summed E-state index contributed by atoms with van der Waals surface area (Å²) in [7, 11) is 3.95. The molecular formula is C17H29N7O2. The van der Waals surface area contributed by atoms with Crippen LogP contribution in [0.1, 0.15) is 6.92 Å². The number of guanidine groups is 1. The number of hydrogen-bond acceptors (Lipinski definition) is 5. The zero-order valence-corrected chi connectivity index (χ0v) is 15.9. The molecule has 1 unspecified atom stereocenters. The molecule has 0 radical (unpaired) electrons. The highest BCUT2D eigenvalue weighted by Gasteiger charge is 2.28. The van der Waals surface area contributed by atoms with Gasteiger partial charge >= 0.3 is 0 Å². The molecule has 3 rings (SSSR count). The summed E-state index contributed by atoms with van der Waals surface area (Å²) in [5.74, 6) is 0.840. The number of nitrogens with one attached hydrogen (secondary N) is 1. The largest absolute Gasteiger partial charge is 0.374 e. The summed E-state index contributed by atoms with van der Waals surface area (Å²) < 4.78 is 7.49. The maximum Gasteiger partial charge on any atom is 0.246 e. The van der Waals surface area contributed by atoms with Crippen LogP contribution >= 0.6 is 0 Å². The van der Waals surface area contributed by atoms with E-state index in [-0.39, 0.29) is 12.0 Å². The minimum Gasteiger partial charge on any atom is -0.374 e. The third kappa shape index (κ3) is 4.53. The van der Waals surface area contributed by atoms with Crippen molar-refractivity contribution < 1.29 is 9.53 Å². The summed E-state index contributed by atoms with van der Waals surface area (Å²) in [6, 6.07) is 0. The smallest absolute Gasteiger partial charge is 0.246 e. The van der Waals surface area contributed by atoms with Gasteiger partial charge in [-0.2, -0.15) is 5.10 Å². The summed E-state index contributed by atoms with van der Waals surface area (Å²) in [4.78, 5) is 23.4. The van der Waals surface area contributed by atoms with Crippen LogP contribution in [-0.4, -0.2) is 97.0 Å². The first kappa shape index (κ1) is 18.7. The molecule has 0 aliphatic carbocycles. The minimum atomic E-state index is 0.0588. The minimum absolute atomic E-state index is 0.0588. The van der Waals surface area contributed by atoms with E-state index >= 15 is 0 Å². The number of rotatable bonds is 4. The number of nitrogens with zero attached hydrogens (tertiary/aromatic N) is 6. The van der Waals surface area contributed by atoms with Crippen LogP contribution in [0.15, 0.2) is 17.4 Å². The maximum atomic E-state index is 12.6. The van der Waals surface area contributed by atoms with Crippen molar-refractivity contribution in [1.82, 2.24) is 24.9 Å². The average Bonchev–Trinajstić information content (AvgIpc) is 3.04. The first-order chi connectivity index (χ1) is 12.6. The van der Waals surface area contributed by atoms with E-state index in [0.717, 1.165) is 44.4 Å². The summed E-state index contributed by atoms with van der Waals surface area (Å²) in [5.41, 5.74) is 0.845. The molecule has 2 aliphatic heterocycles. The van der Waals surface area contributed by atoms with Crippen molar-refractivity contribution in [3.8, 4) is 0 Å². The number of ether oxygens (including phenoxy) is 1. The Morgan fingerprint density at radius 2 is 2.23 bits per heavy atom. The summed E-state index contributed by atoms with van der Waals surface area (Å²) >= 11 is 0. The number of aliphatic imine (C=N–C) groups is 1. The molecule has 1 N–H and O–H groups in total. The summed E-state index contributed by atoms with van der Waals surface area (Å²) in [6.45, 7) is 7.66. The molecule has 2 aliphatic rings. The summed E-state index contributed by atoms with van der Waals surface area (Å²) in [5, 5.41) is 7.45. The number of anilines is 1. The molecule has 0 bridgehead atoms. The number of aryl methyl sites for hydroxylation is 1. The van der Waals surface area contributed by atoms with Crippen molar-refractivity contribution in [2.45, 2.75) is 13.0 Å². The fourth-order valence-corrected chi connectivity index (χ4v) is 3.27. The SMILES string of the molecule is CCNC(=NCC1CN(C)CCO1)N1CCN(c2cnn(C)c2)C(=O)C1. The van der Waals surface area contributed by atoms with E-state index in [1.54, 1.807) is 15.8 Å². The van der Waals surface area contributed by atoms with Crippen LogP contribution in [-0.2, 0) is 16.6 Å². The molecule has 1 atom stereocenters. The van der Waals surface area contributed by atoms with E-state index in [9.17, 15) is 4.79 Å². The number of aromatic nitrogens is 2. The van der Waals surface area contributed by atoms with E-state index in [1.165, 1.54) is 0 Å². The maximum absolute atomic E-state index is 12.6. The molecule has 1 aromatic rings. The molecule has 0 aromatic carbocycles. The molecule has 0 saturated carbocycles. The Balaban J connectivity index is 1.61. The lowest BCUT2D eigenvalue weighted by molar-refractivity contribution is -0.120. The van der Waals surface area contributed by atoms with Gasteiger partial charge in [-0.3, -0.25) is 14.5 Å². The molecule has 144 valence electrons. The third-order valence-corrected chi connectivity index (χ3v) is 4.64. The van der Waals surface area contributed by atoms with Crippen LogP contribution in [0, 0.1) is 0 Å². The zero-order valence-electron chi connectivity index (χ0n) is 15.9. The van der Waals surface area contributed by atoms with E-state index in [2.05, 4.69) is 22.4 Å². The molecule has 1 aromatic heterocycles. The summed E-state index contributed by atoms with van der Waals surface area (Å²) in [6.07, 6.45) is 3.70. The topological polar surface area (TPSA) is 78.2 Å². The van der Waals surface area contributed by atoms with Crippen LogP contribution < -0.4 is 10.2 Å². The van der Waals surface area contributed by atoms with Crippen LogP contribution in [0.3, 0.4) is 0 Å². The van der Waals surface area contributed by atoms with Crippen molar-refractivity contribution >= 4 is 17.6 Å². The average molecular weight is 363 g/mol. The lowest BCUT2D eigenvalue weighted by Gasteiger charge is -2.35. The second kappa shape index (κ2) is 8.50. The van der Waals surface area contributed by atoms with Gasteiger partial charge in [-0.25, -0.2) is 0 Å². The second-order valence-electron chi connectivity index (χ2n) is 6.79. The molecule has 9 nitrogen and oxygen atoms in total. The molecule has 9 heteroatoms. The second-order valence-corrected chi connectivity index (χ2v) is 6.79. The van der Waals surface area contributed by atoms with Gasteiger partial charge < -0.3 is 24.8 Å². The monoisotopic (exact) mass is 363 g/mol. The van der Waals surface area contributed by atoms with Crippen LogP contribution in [0.5, 0.6) is 0 Å². The molecular weight excluding hydrogens is 334 g/mol. The molecule has 2 saturated heterocycles. The number of carbonyl (C=O) groups excluding carboxylic acids is 1. The van der Waals surface area contributed by atoms with Crippen molar-refractivity contribution in [2.24, 2.45) is 12.0 Å². The van der Waals surface area contributed by atoms with Gasteiger partial charge in [0.05, 0.1) is 31.1 Å². The highest BCUT2D eigenvalue weighted by atomic mass is 16.5. The van der Waals surface area contributed by atoms with E-state index in [0.29, 0.717) is 19.6 Å². The lowest BCUT2D eigenvalue weighted by Crippen LogP contribution is -2.55. The molecule has 0 spiro atoms. The van der Waals surface area contributed by atoms with Gasteiger partial charge in [0, 0.05) is 46.0 Å². The van der Waals surface area contributed by atoms with Crippen LogP contribution in [0.4, 0.5) is 5.69 Å². The number of hydrogen-bond donors (Lipinski definition) is 1. The normalized spacial score (nSPS) is 22.8. The predicted octanol–water partition coefficient (Wildman–Crippen LogP) is -0.635. The van der Waals surface area contributed by atoms with Crippen molar-refractivity contribution in [1.29, 1.82) is 0 Å². The first-order valence-electron chi connectivity index (χ1n) is 9.19. The van der Waals surface area contributed by atoms with Gasteiger partial charge in [0.2, 0.25) is 5.91 Å². The number of amides is 1. The highest BCUT2D eigenvalue weighted by molar-refractivity contribution is 5.98. The van der Waals surface area contributed by atoms with Gasteiger partial charge in [0.1, 0.15) is 6.54 Å². The Morgan fingerprint density at radius 3 is 2.88 bits per heavy atom. The number of morpholine rings is 1. The number of piperazine rings is 1. The van der Waals surface area contributed by atoms with Crippen LogP contribution in [0.25, 0.3) is 0 Å². The third-order valence-electron chi connectivity index (χ3n) is 4.64. The quantitative estimate of drug-likeness (QED) is 0.567. The van der Waals surface area contributed by atoms with Gasteiger partial charge in [0.15, 0.2) is 5.96 Å². The Labute approximate surface area is 154 Å². The predicted molar refractivity (Wildman–Crippen MR) is 100 cm³/mol. The van der Waals surface area contributed by atoms with Crippen molar-refractivity contribution in [3.63, 3.8) is 0 Å². The van der Waals surface area contributed by atoms with Gasteiger partial charge in [-0.05, 0) is 14.0 Å². The molecule has 2 fully saturated rings. The highest BCUT2D eigenvalue weighted by Crippen LogP contribution is 2.16.